The van der Waals surface area contributed by atoms with Gasteiger partial charge in [-0.05, 0) is 55.0 Å². The van der Waals surface area contributed by atoms with E-state index in [2.05, 4.69) is 15.9 Å². The topological polar surface area (TPSA) is 53.0 Å². The van der Waals surface area contributed by atoms with Crippen LogP contribution in [0.15, 0.2) is 45.8 Å². The van der Waals surface area contributed by atoms with Crippen LogP contribution in [0, 0.1) is 0 Å². The van der Waals surface area contributed by atoms with Crippen molar-refractivity contribution in [1.29, 1.82) is 0 Å². The number of carbonyl (C=O) groups excluding carboxylic acids is 1. The molecule has 1 aliphatic heterocycles. The Labute approximate surface area is 182 Å². The van der Waals surface area contributed by atoms with Crippen LogP contribution in [0.5, 0.6) is 11.5 Å². The van der Waals surface area contributed by atoms with Crippen LogP contribution >= 0.6 is 39.9 Å². The summed E-state index contributed by atoms with van der Waals surface area (Å²) in [4.78, 5) is 17.0. The number of thiocarbonyl (C=S) groups is 1. The molecule has 0 aromatic heterocycles. The molecule has 0 atom stereocenters. The van der Waals surface area contributed by atoms with Crippen molar-refractivity contribution in [2.24, 2.45) is 0 Å². The standard InChI is InChI=1S/C20H19BrN2O3S2/c1-4-26-17-9-12(15(21)11-16(17)24)10-18-19(25)23(20(27)28-18)14-7-5-13(6-8-14)22(2)3/h5-11,24H,4H2,1-3H3/b18-10+. The smallest absolute Gasteiger partial charge is 0.270 e. The van der Waals surface area contributed by atoms with Crippen LogP contribution in [-0.4, -0.2) is 36.0 Å². The number of benzene rings is 2. The molecule has 0 bridgehead atoms. The maximum absolute atomic E-state index is 13.0. The van der Waals surface area contributed by atoms with Crippen LogP contribution in [0.3, 0.4) is 0 Å². The summed E-state index contributed by atoms with van der Waals surface area (Å²) in [5.41, 5.74) is 2.50. The second kappa shape index (κ2) is 8.55. The number of nitrogens with zero attached hydrogens (tertiary/aromatic N) is 2. The van der Waals surface area contributed by atoms with E-state index in [1.54, 1.807) is 18.2 Å². The van der Waals surface area contributed by atoms with Crippen molar-refractivity contribution in [3.63, 3.8) is 0 Å². The summed E-state index contributed by atoms with van der Waals surface area (Å²) >= 11 is 10.1. The maximum Gasteiger partial charge on any atom is 0.270 e. The Bertz CT molecular complexity index is 959. The highest BCUT2D eigenvalue weighted by molar-refractivity contribution is 9.10. The predicted molar refractivity (Wildman–Crippen MR) is 123 cm³/mol. The van der Waals surface area contributed by atoms with E-state index < -0.39 is 0 Å². The van der Waals surface area contributed by atoms with E-state index in [4.69, 9.17) is 17.0 Å². The molecule has 5 nitrogen and oxygen atoms in total. The number of rotatable bonds is 5. The summed E-state index contributed by atoms with van der Waals surface area (Å²) in [5, 5.41) is 9.97. The lowest BCUT2D eigenvalue weighted by Gasteiger charge is -2.17. The van der Waals surface area contributed by atoms with Gasteiger partial charge in [-0.1, -0.05) is 39.9 Å². The van der Waals surface area contributed by atoms with E-state index >= 15 is 0 Å². The number of hydrogen-bond donors (Lipinski definition) is 1. The molecule has 1 N–H and O–H groups in total. The predicted octanol–water partition coefficient (Wildman–Crippen LogP) is 5.03. The SMILES string of the molecule is CCOc1cc(/C=C2/SC(=S)N(c3ccc(N(C)C)cc3)C2=O)c(Br)cc1O. The molecule has 2 aromatic rings. The average molecular weight is 479 g/mol. The summed E-state index contributed by atoms with van der Waals surface area (Å²) in [5.74, 6) is 0.233. The third-order valence-corrected chi connectivity index (χ3v) is 6.07. The molecule has 0 aliphatic carbocycles. The van der Waals surface area contributed by atoms with E-state index in [0.29, 0.717) is 26.1 Å². The average Bonchev–Trinajstić information content (AvgIpc) is 2.92. The van der Waals surface area contributed by atoms with E-state index in [-0.39, 0.29) is 11.7 Å². The van der Waals surface area contributed by atoms with Gasteiger partial charge in [-0.3, -0.25) is 9.69 Å². The van der Waals surface area contributed by atoms with Crippen LogP contribution < -0.4 is 14.5 Å². The maximum atomic E-state index is 13.0. The van der Waals surface area contributed by atoms with Gasteiger partial charge in [0.15, 0.2) is 15.8 Å². The first kappa shape index (κ1) is 20.7. The number of aromatic hydroxyl groups is 1. The number of amides is 1. The Morgan fingerprint density at radius 1 is 1.29 bits per heavy atom. The number of phenols is 1. The zero-order valence-corrected chi connectivity index (χ0v) is 18.8. The molecule has 146 valence electrons. The van der Waals surface area contributed by atoms with E-state index in [9.17, 15) is 9.90 Å². The van der Waals surface area contributed by atoms with Crippen molar-refractivity contribution in [1.82, 2.24) is 0 Å². The molecule has 0 saturated carbocycles. The molecule has 0 radical (unpaired) electrons. The first-order valence-electron chi connectivity index (χ1n) is 8.52. The molecular formula is C20H19BrN2O3S2. The van der Waals surface area contributed by atoms with Crippen LogP contribution in [0.1, 0.15) is 12.5 Å². The minimum absolute atomic E-state index is 0.0411. The molecule has 0 unspecified atom stereocenters. The van der Waals surface area contributed by atoms with Crippen LogP contribution in [0.4, 0.5) is 11.4 Å². The molecule has 28 heavy (non-hydrogen) atoms. The number of ether oxygens (including phenoxy) is 1. The van der Waals surface area contributed by atoms with Crippen LogP contribution in [0.2, 0.25) is 0 Å². The Hall–Kier alpha value is -2.03. The number of halogens is 1. The zero-order valence-electron chi connectivity index (χ0n) is 15.6. The van der Waals surface area contributed by atoms with Crippen molar-refractivity contribution in [2.75, 3.05) is 30.5 Å². The van der Waals surface area contributed by atoms with Gasteiger partial charge in [0.05, 0.1) is 17.2 Å². The molecule has 3 rings (SSSR count). The molecule has 1 fully saturated rings. The van der Waals surface area contributed by atoms with Gasteiger partial charge in [-0.25, -0.2) is 0 Å². The minimum atomic E-state index is -0.175. The Morgan fingerprint density at radius 2 is 1.96 bits per heavy atom. The number of carbonyl (C=O) groups is 1. The molecule has 0 spiro atoms. The highest BCUT2D eigenvalue weighted by Crippen LogP contribution is 2.39. The summed E-state index contributed by atoms with van der Waals surface area (Å²) in [7, 11) is 3.92. The highest BCUT2D eigenvalue weighted by atomic mass is 79.9. The quantitative estimate of drug-likeness (QED) is 0.480. The van der Waals surface area contributed by atoms with Crippen LogP contribution in [-0.2, 0) is 4.79 Å². The first-order chi connectivity index (χ1) is 13.3. The summed E-state index contributed by atoms with van der Waals surface area (Å²) in [6.45, 7) is 2.27. The molecule has 1 heterocycles. The molecular weight excluding hydrogens is 460 g/mol. The van der Waals surface area contributed by atoms with Gasteiger partial charge >= 0.3 is 0 Å². The van der Waals surface area contributed by atoms with Gasteiger partial charge < -0.3 is 14.7 Å². The first-order valence-corrected chi connectivity index (χ1v) is 10.5. The fraction of sp³-hybridized carbons (Fsp3) is 0.200. The highest BCUT2D eigenvalue weighted by Gasteiger charge is 2.33. The fourth-order valence-electron chi connectivity index (χ4n) is 2.67. The van der Waals surface area contributed by atoms with Crippen molar-refractivity contribution in [3.05, 3.63) is 51.3 Å². The zero-order chi connectivity index (χ0) is 20.4. The van der Waals surface area contributed by atoms with Gasteiger partial charge in [0.1, 0.15) is 0 Å². The largest absolute Gasteiger partial charge is 0.504 e. The van der Waals surface area contributed by atoms with E-state index in [1.807, 2.05) is 50.2 Å². The second-order valence-corrected chi connectivity index (χ2v) is 8.73. The molecule has 1 amide bonds. The number of thioether (sulfide) groups is 1. The van der Waals surface area contributed by atoms with E-state index in [1.165, 1.54) is 16.7 Å². The third-order valence-electron chi connectivity index (χ3n) is 4.08. The summed E-state index contributed by atoms with van der Waals surface area (Å²) < 4.78 is 6.58. The second-order valence-electron chi connectivity index (χ2n) is 6.20. The van der Waals surface area contributed by atoms with Crippen molar-refractivity contribution >= 4 is 67.6 Å². The molecule has 1 saturated heterocycles. The fourth-order valence-corrected chi connectivity index (χ4v) is 4.41. The molecule has 8 heteroatoms. The normalized spacial score (nSPS) is 15.4. The van der Waals surface area contributed by atoms with Gasteiger partial charge in [-0.15, -0.1) is 0 Å². The Morgan fingerprint density at radius 3 is 2.57 bits per heavy atom. The monoisotopic (exact) mass is 478 g/mol. The lowest BCUT2D eigenvalue weighted by atomic mass is 10.1. The minimum Gasteiger partial charge on any atom is -0.504 e. The third kappa shape index (κ3) is 4.19. The van der Waals surface area contributed by atoms with Gasteiger partial charge in [0.25, 0.3) is 5.91 Å². The van der Waals surface area contributed by atoms with Crippen molar-refractivity contribution < 1.29 is 14.6 Å². The van der Waals surface area contributed by atoms with Gasteiger partial charge in [0, 0.05) is 24.3 Å². The lowest BCUT2D eigenvalue weighted by molar-refractivity contribution is -0.113. The Kier molecular flexibility index (Phi) is 6.32. The Balaban J connectivity index is 1.92. The van der Waals surface area contributed by atoms with Gasteiger partial charge in [0.2, 0.25) is 0 Å². The molecule has 2 aromatic carbocycles. The number of anilines is 2. The summed E-state index contributed by atoms with van der Waals surface area (Å²) in [6, 6.07) is 10.9. The lowest BCUT2D eigenvalue weighted by Crippen LogP contribution is -2.27. The number of phenolic OH excluding ortho intramolecular Hbond substituents is 1. The number of hydrogen-bond acceptors (Lipinski definition) is 6. The van der Waals surface area contributed by atoms with E-state index in [0.717, 1.165) is 16.9 Å². The van der Waals surface area contributed by atoms with Crippen molar-refractivity contribution in [2.45, 2.75) is 6.92 Å². The summed E-state index contributed by atoms with van der Waals surface area (Å²) in [6.07, 6.45) is 1.75. The molecule has 1 aliphatic rings. The van der Waals surface area contributed by atoms with Crippen molar-refractivity contribution in [3.8, 4) is 11.5 Å². The van der Waals surface area contributed by atoms with Gasteiger partial charge in [-0.2, -0.15) is 0 Å². The van der Waals surface area contributed by atoms with Crippen LogP contribution in [0.25, 0.3) is 6.08 Å².